The van der Waals surface area contributed by atoms with Crippen LogP contribution in [0.1, 0.15) is 0 Å². The Bertz CT molecular complexity index is 27.0. The molecule has 0 aromatic rings. The third kappa shape index (κ3) is 26.6. The lowest BCUT2D eigenvalue weighted by molar-refractivity contribution is 2.12. The van der Waals surface area contributed by atoms with Gasteiger partial charge in [-0.15, -0.1) is 0 Å². The van der Waals surface area contributed by atoms with E-state index in [4.69, 9.17) is 0 Å². The summed E-state index contributed by atoms with van der Waals surface area (Å²) < 4.78 is 0. The van der Waals surface area contributed by atoms with Crippen LogP contribution in [0, 0.1) is 0 Å². The van der Waals surface area contributed by atoms with E-state index in [0.717, 1.165) is 0 Å². The van der Waals surface area contributed by atoms with Gasteiger partial charge in [0.2, 0.25) is 0 Å². The van der Waals surface area contributed by atoms with Crippen molar-refractivity contribution in [1.29, 1.82) is 0 Å². The van der Waals surface area contributed by atoms with E-state index in [0.29, 0.717) is 0 Å². The van der Waals surface area contributed by atoms with Gasteiger partial charge in [0.05, 0.1) is 0 Å². The number of rotatable bonds is 0. The number of hydrogen-bond donors (Lipinski definition) is 0. The Morgan fingerprint density at radius 2 is 1.50 bits per heavy atom. The zero-order valence-electron chi connectivity index (χ0n) is 3.00. The molecule has 0 aromatic heterocycles. The first-order valence-electron chi connectivity index (χ1n) is 1.25. The van der Waals surface area contributed by atoms with Crippen LogP contribution in [-0.2, 0) is 0 Å². The zero-order chi connectivity index (χ0) is 3.58. The molecule has 0 amide bonds. The molecule has 0 aliphatic heterocycles. The Morgan fingerprint density at radius 1 is 1.50 bits per heavy atom. The minimum Gasteiger partial charge on any atom is -0.0600 e. The Kier molecular flexibility index (Phi) is 1.91. The first-order valence-corrected chi connectivity index (χ1v) is 5.25. The highest BCUT2D eigenvalue weighted by Gasteiger charge is 1.55. The lowest BCUT2D eigenvalue weighted by Crippen LogP contribution is -1.76. The van der Waals surface area contributed by atoms with E-state index >= 15 is 0 Å². The average molecular weight is 86.2 g/mol. The molecule has 0 fully saturated rings. The molecular weight excluding hydrogens is 80.2 g/mol. The molecule has 0 bridgehead atoms. The molecule has 2 radical (unpaired) electrons. The quantitative estimate of drug-likeness (QED) is 0.374. The zero-order valence-corrected chi connectivity index (χ0v) is 5.00. The van der Waals surface area contributed by atoms with Crippen molar-refractivity contribution in [3.8, 4) is 0 Å². The molecule has 2 heteroatoms. The molecule has 0 saturated heterocycles. The summed E-state index contributed by atoms with van der Waals surface area (Å²) in [5.74, 6) is 0. The van der Waals surface area contributed by atoms with Gasteiger partial charge < -0.3 is 0 Å². The summed E-state index contributed by atoms with van der Waals surface area (Å²) in [6.45, 7) is 4.36. The summed E-state index contributed by atoms with van der Waals surface area (Å²) in [7, 11) is 3.34. The van der Waals surface area contributed by atoms with Gasteiger partial charge in [-0.3, -0.25) is 0 Å². The molecule has 0 saturated carbocycles. The van der Waals surface area contributed by atoms with E-state index in [-0.39, 0.29) is 7.89 Å². The molecule has 0 N–H and O–H groups in total. The van der Waals surface area contributed by atoms with Crippen LogP contribution >= 0.6 is 0 Å². The van der Waals surface area contributed by atoms with Crippen molar-refractivity contribution < 1.29 is 0 Å². The third-order valence-electron chi connectivity index (χ3n) is 0. The van der Waals surface area contributed by atoms with E-state index < -0.39 is 0 Å². The van der Waals surface area contributed by atoms with Crippen LogP contribution < -0.4 is 0 Å². The summed E-state index contributed by atoms with van der Waals surface area (Å²) in [4.78, 5) is 0. The highest BCUT2D eigenvalue weighted by Crippen LogP contribution is 1.48. The van der Waals surface area contributed by atoms with Crippen molar-refractivity contribution in [2.75, 3.05) is 0 Å². The van der Waals surface area contributed by atoms with Crippen molar-refractivity contribution in [2.24, 2.45) is 0 Å². The standard InChI is InChI=1S/C2H6Si2/c1-4(2)3/h1-2H3. The lowest BCUT2D eigenvalue weighted by atomic mass is 11.9. The molecule has 0 aromatic carbocycles. The Morgan fingerprint density at radius 3 is 1.50 bits per heavy atom. The van der Waals surface area contributed by atoms with Crippen molar-refractivity contribution >= 4 is 17.2 Å². The highest BCUT2D eigenvalue weighted by molar-refractivity contribution is 6.75. The summed E-state index contributed by atoms with van der Waals surface area (Å²) >= 11 is 0. The second kappa shape index (κ2) is 1.72. The minimum atomic E-state index is -0.0741. The summed E-state index contributed by atoms with van der Waals surface area (Å²) in [6.07, 6.45) is 0. The van der Waals surface area contributed by atoms with Gasteiger partial charge in [0, 0.05) is 0 Å². The van der Waals surface area contributed by atoms with Gasteiger partial charge in [-0.2, -0.15) is 0 Å². The van der Waals surface area contributed by atoms with Crippen LogP contribution in [-0.4, -0.2) is 17.2 Å². The first-order chi connectivity index (χ1) is 1.73. The Labute approximate surface area is 31.2 Å². The smallest absolute Gasteiger partial charge is 0.000865 e. The first kappa shape index (κ1) is 4.43. The normalized spacial score (nSPS) is 6.50. The largest absolute Gasteiger partial charge is 0.0600 e. The van der Waals surface area contributed by atoms with E-state index in [1.54, 1.807) is 0 Å². The molecular formula is C2H6Si2. The fourth-order valence-electron chi connectivity index (χ4n) is 0. The fraction of sp³-hybridized carbons (Fsp3) is 1.00. The van der Waals surface area contributed by atoms with Gasteiger partial charge in [0.15, 0.2) is 0 Å². The van der Waals surface area contributed by atoms with Crippen LogP contribution in [0.3, 0.4) is 0 Å². The Balaban J connectivity index is 2.80. The monoisotopic (exact) mass is 86.0 g/mol. The molecule has 0 aliphatic carbocycles. The van der Waals surface area contributed by atoms with E-state index in [2.05, 4.69) is 22.4 Å². The maximum absolute atomic E-state index is 3.41. The molecule has 0 heterocycles. The fourth-order valence-corrected chi connectivity index (χ4v) is 0. The maximum atomic E-state index is 3.41. The number of hydrogen-bond acceptors (Lipinski definition) is 0. The van der Waals surface area contributed by atoms with Crippen molar-refractivity contribution in [3.63, 3.8) is 0 Å². The van der Waals surface area contributed by atoms with Crippen LogP contribution in [0.5, 0.6) is 0 Å². The van der Waals surface area contributed by atoms with Gasteiger partial charge >= 0.3 is 0 Å². The molecule has 4 heavy (non-hydrogen) atoms. The third-order valence-corrected chi connectivity index (χ3v) is 0. The molecule has 0 nitrogen and oxygen atoms in total. The molecule has 0 rings (SSSR count). The molecule has 0 spiro atoms. The van der Waals surface area contributed by atoms with Crippen molar-refractivity contribution in [1.82, 2.24) is 0 Å². The predicted molar refractivity (Wildman–Crippen MR) is 23.2 cm³/mol. The van der Waals surface area contributed by atoms with Gasteiger partial charge in [-0.1, -0.05) is 13.1 Å². The molecule has 0 aliphatic rings. The second-order valence-corrected chi connectivity index (χ2v) is 6.00. The Hall–Kier alpha value is 0.434. The summed E-state index contributed by atoms with van der Waals surface area (Å²) in [5.41, 5.74) is 0. The van der Waals surface area contributed by atoms with Gasteiger partial charge in [0.25, 0.3) is 0 Å². The maximum Gasteiger partial charge on any atom is -0.000865 e. The van der Waals surface area contributed by atoms with Crippen LogP contribution in [0.25, 0.3) is 0 Å². The van der Waals surface area contributed by atoms with E-state index in [1.807, 2.05) is 0 Å². The van der Waals surface area contributed by atoms with Crippen LogP contribution in [0.2, 0.25) is 13.1 Å². The van der Waals surface area contributed by atoms with Crippen LogP contribution in [0.4, 0.5) is 0 Å². The SMILES string of the molecule is C[Si](C)=[Si]. The summed E-state index contributed by atoms with van der Waals surface area (Å²) in [6, 6.07) is 0. The van der Waals surface area contributed by atoms with Crippen LogP contribution in [0.15, 0.2) is 0 Å². The van der Waals surface area contributed by atoms with Crippen molar-refractivity contribution in [3.05, 3.63) is 0 Å². The second-order valence-electron chi connectivity index (χ2n) is 1.00. The summed E-state index contributed by atoms with van der Waals surface area (Å²) in [5, 5.41) is 0. The molecule has 0 unspecified atom stereocenters. The van der Waals surface area contributed by atoms with Crippen molar-refractivity contribution in [2.45, 2.75) is 13.1 Å². The van der Waals surface area contributed by atoms with E-state index in [9.17, 15) is 0 Å². The van der Waals surface area contributed by atoms with Gasteiger partial charge in [-0.25, -0.2) is 0 Å². The van der Waals surface area contributed by atoms with Gasteiger partial charge in [0.1, 0.15) is 0 Å². The molecule has 22 valence electrons. The average Bonchev–Trinajstić information content (AvgIpc) is 0.811. The lowest BCUT2D eigenvalue weighted by Gasteiger charge is -1.61. The minimum absolute atomic E-state index is 0.0741. The predicted octanol–water partition coefficient (Wildman–Crippen LogP) is 0.406. The molecule has 0 atom stereocenters. The van der Waals surface area contributed by atoms with E-state index in [1.165, 1.54) is 0 Å². The topological polar surface area (TPSA) is 0 Å². The highest BCUT2D eigenvalue weighted by atomic mass is 28.9. The van der Waals surface area contributed by atoms with Gasteiger partial charge in [-0.05, 0) is 17.2 Å².